The number of amides is 1. The maximum atomic E-state index is 12.1. The van der Waals surface area contributed by atoms with Gasteiger partial charge in [0.1, 0.15) is 5.69 Å². The molecule has 2 rings (SSSR count). The Bertz CT molecular complexity index is 666. The van der Waals surface area contributed by atoms with Gasteiger partial charge in [0.05, 0.1) is 5.92 Å². The van der Waals surface area contributed by atoms with E-state index < -0.39 is 11.9 Å². The number of benzene rings is 1. The number of nitrogens with one attached hydrogen (secondary N) is 2. The first-order valence-electron chi connectivity index (χ1n) is 6.80. The fourth-order valence-electron chi connectivity index (χ4n) is 2.20. The van der Waals surface area contributed by atoms with E-state index in [2.05, 4.69) is 26.2 Å². The van der Waals surface area contributed by atoms with E-state index in [4.69, 9.17) is 5.11 Å². The van der Waals surface area contributed by atoms with Crippen molar-refractivity contribution >= 4 is 38.7 Å². The van der Waals surface area contributed by atoms with Crippen LogP contribution in [0.3, 0.4) is 0 Å². The standard InChI is InChI=1S/C15H17BrN2O3/c1-2-3-9(15(20)21)8-17-14(19)13-7-10-6-11(16)4-5-12(10)18-13/h4-7,9,18H,2-3,8H2,1H3,(H,17,19)(H,20,21). The van der Waals surface area contributed by atoms with Crippen LogP contribution < -0.4 is 5.32 Å². The number of aromatic nitrogens is 1. The molecule has 1 atom stereocenters. The molecular formula is C15H17BrN2O3. The predicted molar refractivity (Wildman–Crippen MR) is 84.4 cm³/mol. The summed E-state index contributed by atoms with van der Waals surface area (Å²) in [6.07, 6.45) is 1.32. The van der Waals surface area contributed by atoms with Gasteiger partial charge in [-0.25, -0.2) is 0 Å². The van der Waals surface area contributed by atoms with Gasteiger partial charge in [-0.3, -0.25) is 9.59 Å². The third kappa shape index (κ3) is 3.85. The highest BCUT2D eigenvalue weighted by Crippen LogP contribution is 2.20. The number of carbonyl (C=O) groups excluding carboxylic acids is 1. The number of halogens is 1. The van der Waals surface area contributed by atoms with Crippen molar-refractivity contribution in [3.05, 3.63) is 34.4 Å². The first kappa shape index (κ1) is 15.6. The van der Waals surface area contributed by atoms with Crippen molar-refractivity contribution in [3.63, 3.8) is 0 Å². The van der Waals surface area contributed by atoms with E-state index in [9.17, 15) is 9.59 Å². The fraction of sp³-hybridized carbons (Fsp3) is 0.333. The Labute approximate surface area is 130 Å². The van der Waals surface area contributed by atoms with Crippen LogP contribution >= 0.6 is 15.9 Å². The summed E-state index contributed by atoms with van der Waals surface area (Å²) in [6, 6.07) is 7.44. The van der Waals surface area contributed by atoms with Gasteiger partial charge in [-0.15, -0.1) is 0 Å². The van der Waals surface area contributed by atoms with Crippen molar-refractivity contribution in [2.24, 2.45) is 5.92 Å². The topological polar surface area (TPSA) is 82.2 Å². The Kier molecular flexibility index (Phi) is 5.01. The lowest BCUT2D eigenvalue weighted by Crippen LogP contribution is -2.33. The van der Waals surface area contributed by atoms with Crippen LogP contribution in [0.5, 0.6) is 0 Å². The molecule has 2 aromatic rings. The minimum atomic E-state index is -0.877. The summed E-state index contributed by atoms with van der Waals surface area (Å²) >= 11 is 3.38. The second kappa shape index (κ2) is 6.76. The quantitative estimate of drug-likeness (QED) is 0.746. The smallest absolute Gasteiger partial charge is 0.308 e. The molecule has 21 heavy (non-hydrogen) atoms. The number of hydrogen-bond acceptors (Lipinski definition) is 2. The number of aliphatic carboxylic acids is 1. The average Bonchev–Trinajstić information content (AvgIpc) is 2.85. The zero-order valence-electron chi connectivity index (χ0n) is 11.6. The van der Waals surface area contributed by atoms with Crippen LogP contribution in [0.2, 0.25) is 0 Å². The number of carbonyl (C=O) groups is 2. The van der Waals surface area contributed by atoms with Gasteiger partial charge in [-0.05, 0) is 30.7 Å². The van der Waals surface area contributed by atoms with Crippen LogP contribution in [0.4, 0.5) is 0 Å². The number of H-pyrrole nitrogens is 1. The van der Waals surface area contributed by atoms with Crippen molar-refractivity contribution < 1.29 is 14.7 Å². The van der Waals surface area contributed by atoms with Crippen LogP contribution in [-0.2, 0) is 4.79 Å². The van der Waals surface area contributed by atoms with Crippen LogP contribution in [-0.4, -0.2) is 28.5 Å². The molecule has 1 unspecified atom stereocenters. The molecule has 0 fully saturated rings. The molecule has 0 bridgehead atoms. The van der Waals surface area contributed by atoms with Crippen LogP contribution in [0.1, 0.15) is 30.3 Å². The van der Waals surface area contributed by atoms with E-state index in [-0.39, 0.29) is 12.5 Å². The molecule has 1 aromatic carbocycles. The highest BCUT2D eigenvalue weighted by molar-refractivity contribution is 9.10. The summed E-state index contributed by atoms with van der Waals surface area (Å²) in [7, 11) is 0. The molecule has 5 nitrogen and oxygen atoms in total. The largest absolute Gasteiger partial charge is 0.481 e. The molecule has 1 aromatic heterocycles. The monoisotopic (exact) mass is 352 g/mol. The second-order valence-corrected chi connectivity index (χ2v) is 5.86. The van der Waals surface area contributed by atoms with Gasteiger partial charge >= 0.3 is 5.97 Å². The third-order valence-corrected chi connectivity index (χ3v) is 3.82. The summed E-state index contributed by atoms with van der Waals surface area (Å²) in [5.74, 6) is -1.71. The van der Waals surface area contributed by atoms with Crippen molar-refractivity contribution in [1.29, 1.82) is 0 Å². The van der Waals surface area contributed by atoms with E-state index in [1.807, 2.05) is 25.1 Å². The van der Waals surface area contributed by atoms with E-state index in [0.29, 0.717) is 12.1 Å². The lowest BCUT2D eigenvalue weighted by molar-refractivity contribution is -0.141. The van der Waals surface area contributed by atoms with Crippen molar-refractivity contribution in [2.75, 3.05) is 6.54 Å². The number of hydrogen-bond donors (Lipinski definition) is 3. The molecule has 0 aliphatic heterocycles. The molecule has 3 N–H and O–H groups in total. The third-order valence-electron chi connectivity index (χ3n) is 3.32. The maximum absolute atomic E-state index is 12.1. The van der Waals surface area contributed by atoms with Crippen LogP contribution in [0.15, 0.2) is 28.7 Å². The van der Waals surface area contributed by atoms with Crippen molar-refractivity contribution in [3.8, 4) is 0 Å². The number of carboxylic acids is 1. The lowest BCUT2D eigenvalue weighted by atomic mass is 10.0. The molecule has 0 saturated carbocycles. The van der Waals surface area contributed by atoms with Gasteiger partial charge in [0.25, 0.3) is 5.91 Å². The van der Waals surface area contributed by atoms with Crippen LogP contribution in [0, 0.1) is 5.92 Å². The lowest BCUT2D eigenvalue weighted by Gasteiger charge is -2.11. The molecule has 0 aliphatic carbocycles. The minimum Gasteiger partial charge on any atom is -0.481 e. The van der Waals surface area contributed by atoms with E-state index in [1.54, 1.807) is 6.07 Å². The Morgan fingerprint density at radius 1 is 1.38 bits per heavy atom. The number of rotatable bonds is 6. The molecule has 6 heteroatoms. The molecule has 0 spiro atoms. The Morgan fingerprint density at radius 2 is 2.14 bits per heavy atom. The SMILES string of the molecule is CCCC(CNC(=O)c1cc2cc(Br)ccc2[nH]1)C(=O)O. The van der Waals surface area contributed by atoms with Gasteiger partial charge in [0, 0.05) is 21.9 Å². The molecule has 1 heterocycles. The van der Waals surface area contributed by atoms with Gasteiger partial charge in [0.15, 0.2) is 0 Å². The highest BCUT2D eigenvalue weighted by Gasteiger charge is 2.18. The van der Waals surface area contributed by atoms with Gasteiger partial charge in [-0.2, -0.15) is 0 Å². The fourth-order valence-corrected chi connectivity index (χ4v) is 2.58. The first-order chi connectivity index (χ1) is 10.0. The minimum absolute atomic E-state index is 0.140. The maximum Gasteiger partial charge on any atom is 0.308 e. The van der Waals surface area contributed by atoms with Gasteiger partial charge < -0.3 is 15.4 Å². The van der Waals surface area contributed by atoms with Crippen molar-refractivity contribution in [2.45, 2.75) is 19.8 Å². The number of aromatic amines is 1. The molecule has 112 valence electrons. The van der Waals surface area contributed by atoms with E-state index >= 15 is 0 Å². The van der Waals surface area contributed by atoms with E-state index in [1.165, 1.54) is 0 Å². The molecule has 1 amide bonds. The molecular weight excluding hydrogens is 336 g/mol. The molecule has 0 aliphatic rings. The normalized spacial score (nSPS) is 12.3. The summed E-state index contributed by atoms with van der Waals surface area (Å²) < 4.78 is 0.940. The van der Waals surface area contributed by atoms with E-state index in [0.717, 1.165) is 21.8 Å². The Hall–Kier alpha value is -1.82. The molecule has 0 radical (unpaired) electrons. The zero-order chi connectivity index (χ0) is 15.4. The summed E-state index contributed by atoms with van der Waals surface area (Å²) in [5, 5.41) is 12.7. The predicted octanol–water partition coefficient (Wildman–Crippen LogP) is 3.16. The van der Waals surface area contributed by atoms with Crippen LogP contribution in [0.25, 0.3) is 10.9 Å². The Balaban J connectivity index is 2.06. The van der Waals surface area contributed by atoms with Gasteiger partial charge in [-0.1, -0.05) is 29.3 Å². The second-order valence-electron chi connectivity index (χ2n) is 4.95. The summed E-state index contributed by atoms with van der Waals surface area (Å²) in [6.45, 7) is 2.06. The van der Waals surface area contributed by atoms with Gasteiger partial charge in [0.2, 0.25) is 0 Å². The summed E-state index contributed by atoms with van der Waals surface area (Å²) in [5.41, 5.74) is 1.30. The van der Waals surface area contributed by atoms with Crippen molar-refractivity contribution in [1.82, 2.24) is 10.3 Å². The highest BCUT2D eigenvalue weighted by atomic mass is 79.9. The molecule has 0 saturated heterocycles. The first-order valence-corrected chi connectivity index (χ1v) is 7.60. The Morgan fingerprint density at radius 3 is 2.81 bits per heavy atom. The summed E-state index contributed by atoms with van der Waals surface area (Å²) in [4.78, 5) is 26.2. The average molecular weight is 353 g/mol. The number of carboxylic acid groups (broad SMARTS) is 1. The zero-order valence-corrected chi connectivity index (χ0v) is 13.2. The number of fused-ring (bicyclic) bond motifs is 1.